The lowest BCUT2D eigenvalue weighted by atomic mass is 9.94. The van der Waals surface area contributed by atoms with E-state index in [2.05, 4.69) is 41.9 Å². The number of aliphatic hydroxyl groups excluding tert-OH is 18. The van der Waals surface area contributed by atoms with E-state index in [1.54, 1.807) is 6.08 Å². The number of unbranched alkanes of at least 4 members (excludes halogenated alkanes) is 30. The second-order valence-electron chi connectivity index (χ2n) is 33.2. The molecule has 6 fully saturated rings. The minimum atomic E-state index is -2.34. The van der Waals surface area contributed by atoms with Crippen molar-refractivity contribution in [1.82, 2.24) is 16.0 Å². The van der Waals surface area contributed by atoms with E-state index >= 15 is 0 Å². The first-order chi connectivity index (χ1) is 57.8. The molecule has 21 N–H and O–H groups in total. The molecule has 0 saturated carbocycles. The summed E-state index contributed by atoms with van der Waals surface area (Å²) in [7, 11) is 0. The van der Waals surface area contributed by atoms with E-state index in [1.807, 2.05) is 6.08 Å². The number of ether oxygens (including phenoxy) is 12. The molecule has 0 radical (unpaired) electrons. The fourth-order valence-electron chi connectivity index (χ4n) is 16.1. The summed E-state index contributed by atoms with van der Waals surface area (Å²) in [6.07, 6.45) is -9.56. The van der Waals surface area contributed by atoms with Crippen molar-refractivity contribution < 1.29 is 163 Å². The second-order valence-corrected chi connectivity index (χ2v) is 33.2. The predicted molar refractivity (Wildman–Crippen MR) is 431 cm³/mol. The Morgan fingerprint density at radius 1 is 0.333 bits per heavy atom. The van der Waals surface area contributed by atoms with Crippen molar-refractivity contribution >= 4 is 17.7 Å². The zero-order valence-electron chi connectivity index (χ0n) is 70.9. The van der Waals surface area contributed by atoms with Crippen molar-refractivity contribution in [1.29, 1.82) is 0 Å². The molecule has 6 aliphatic rings. The molecule has 36 nitrogen and oxygen atoms in total. The van der Waals surface area contributed by atoms with Crippen molar-refractivity contribution in [2.75, 3.05) is 46.2 Å². The number of aliphatic hydroxyl groups is 18. The molecule has 0 spiro atoms. The smallest absolute Gasteiger partial charge is 0.220 e. The van der Waals surface area contributed by atoms with Crippen molar-refractivity contribution in [2.24, 2.45) is 0 Å². The zero-order valence-corrected chi connectivity index (χ0v) is 70.9. The molecule has 36 heteroatoms. The highest BCUT2D eigenvalue weighted by Crippen LogP contribution is 2.37. The summed E-state index contributed by atoms with van der Waals surface area (Å²) in [5.41, 5.74) is 0. The minimum absolute atomic E-state index is 0.142. The van der Waals surface area contributed by atoms with E-state index < -0.39 is 254 Å². The number of carbonyl (C=O) groups is 3. The Morgan fingerprint density at radius 3 is 1.13 bits per heavy atom. The standard InChI is InChI=1S/C84H151N3O33/c1-5-7-9-11-13-15-17-19-20-21-22-23-24-25-26-27-28-30-32-34-36-38-40-42-60(96)87-52(53(95)41-39-37-35-33-31-29-18-16-14-12-10-8-6-2)48-109-81-72(106)70(104)76(58(47-92)115-81)118-84-74(108)78(120-83-73(107)77(65(99)56(45-90)113-83)119-80-61(85-50(3)93)67(101)63(97)54(43-88)111-80)66(100)59(116-84)49-110-79-62(86-51(4)94)68(102)75(57(46-91)114-79)117-82-71(105)69(103)64(98)55(44-89)112-82/h19-20,39,41,52-59,61-84,88-92,95,97-108H,5-18,21-38,40,42-49H2,1-4H3,(H,85,93)(H,86,94)(H,87,96)/b20-19-,41-39+/t52-,53+,54?,55?,56?,57?,58?,59?,61?,62?,63-,64-,65-,66-,67+,68+,69-,70+,71?,72?,73?,74?,75+,76+,77-,78-,79+,80-,81+,82-,83+,84-/m0/s1. The normalized spacial score (nSPS) is 35.6. The monoisotopic (exact) mass is 1730 g/mol. The Balaban J connectivity index is 1.14. The molecular formula is C84H151N3O33. The maximum Gasteiger partial charge on any atom is 0.220 e. The average molecular weight is 1730 g/mol. The molecule has 0 aromatic carbocycles. The highest BCUT2D eigenvalue weighted by molar-refractivity contribution is 5.76. The molecule has 32 atom stereocenters. The topological polar surface area (TPSA) is 562 Å². The second kappa shape index (κ2) is 58.2. The molecule has 0 bridgehead atoms. The molecule has 6 saturated heterocycles. The predicted octanol–water partition coefficient (Wildman–Crippen LogP) is 0.473. The molecule has 3 amide bonds. The maximum atomic E-state index is 13.7. The summed E-state index contributed by atoms with van der Waals surface area (Å²) >= 11 is 0. The van der Waals surface area contributed by atoms with Gasteiger partial charge in [0.1, 0.15) is 146 Å². The third-order valence-corrected chi connectivity index (χ3v) is 23.4. The van der Waals surface area contributed by atoms with E-state index in [0.717, 1.165) is 71.6 Å². The van der Waals surface area contributed by atoms with Gasteiger partial charge in [-0.15, -0.1) is 0 Å². The Bertz CT molecular complexity index is 2790. The third kappa shape index (κ3) is 34.0. The number of hydrogen-bond donors (Lipinski definition) is 21. The van der Waals surface area contributed by atoms with Crippen LogP contribution in [-0.2, 0) is 71.2 Å². The van der Waals surface area contributed by atoms with E-state index in [-0.39, 0.29) is 12.3 Å². The number of amides is 3. The van der Waals surface area contributed by atoms with Gasteiger partial charge in [0, 0.05) is 20.3 Å². The SMILES string of the molecule is CCCCCCCC/C=C\CCCCCCCCCCCCCCCC(=O)N[C@@H](CO[C@@H]1OC(CO)[C@@H](O[C@@H]2OC(CO[C@@H]3OC(CO)[C@@H](O[C@@H]4OC(CO)[C@H](O)[C@H](O)C4O)[C@H](O)C3NC(C)=O)[C@H](O)[C@H](O[C@H]3OC(CO)[C@H](O)[C@H](O[C@@H]4OC(CO)[C@H](O)[C@H](O)C4NC(C)=O)C3O)C2O)[C@H](O)C1O)[C@H](O)/C=C/CCCCCCCCCCCCC. The first-order valence-electron chi connectivity index (χ1n) is 44.6. The van der Waals surface area contributed by atoms with Crippen LogP contribution in [0.25, 0.3) is 0 Å². The van der Waals surface area contributed by atoms with Gasteiger partial charge in [0.25, 0.3) is 0 Å². The van der Waals surface area contributed by atoms with Crippen LogP contribution in [0.15, 0.2) is 24.3 Å². The van der Waals surface area contributed by atoms with Crippen LogP contribution < -0.4 is 16.0 Å². The van der Waals surface area contributed by atoms with Gasteiger partial charge >= 0.3 is 0 Å². The molecule has 700 valence electrons. The molecule has 6 heterocycles. The van der Waals surface area contributed by atoms with E-state index in [4.69, 9.17) is 56.8 Å². The van der Waals surface area contributed by atoms with Crippen LogP contribution in [0, 0.1) is 0 Å². The van der Waals surface area contributed by atoms with Crippen LogP contribution in [0.2, 0.25) is 0 Å². The summed E-state index contributed by atoms with van der Waals surface area (Å²) in [4.78, 5) is 38.9. The average Bonchev–Trinajstić information content (AvgIpc) is 0.773. The summed E-state index contributed by atoms with van der Waals surface area (Å²) < 4.78 is 71.4. The zero-order chi connectivity index (χ0) is 87.6. The van der Waals surface area contributed by atoms with Gasteiger partial charge in [-0.25, -0.2) is 0 Å². The van der Waals surface area contributed by atoms with Crippen LogP contribution >= 0.6 is 0 Å². The Hall–Kier alpha value is -3.31. The van der Waals surface area contributed by atoms with E-state index in [0.29, 0.717) is 12.8 Å². The number of hydrogen-bond acceptors (Lipinski definition) is 33. The number of allylic oxidation sites excluding steroid dienone is 3. The summed E-state index contributed by atoms with van der Waals surface area (Å²) in [5.74, 6) is -1.97. The Kier molecular flexibility index (Phi) is 51.2. The molecule has 120 heavy (non-hydrogen) atoms. The van der Waals surface area contributed by atoms with Gasteiger partial charge in [0.05, 0.1) is 58.4 Å². The van der Waals surface area contributed by atoms with E-state index in [1.165, 1.54) is 141 Å². The summed E-state index contributed by atoms with van der Waals surface area (Å²) in [5, 5.41) is 209. The lowest BCUT2D eigenvalue weighted by Crippen LogP contribution is -2.69. The molecule has 6 rings (SSSR count). The minimum Gasteiger partial charge on any atom is -0.394 e. The fraction of sp³-hybridized carbons (Fsp3) is 0.917. The highest BCUT2D eigenvalue weighted by Gasteiger charge is 2.58. The van der Waals surface area contributed by atoms with Crippen LogP contribution in [0.5, 0.6) is 0 Å². The number of rotatable bonds is 59. The molecule has 12 unspecified atom stereocenters. The van der Waals surface area contributed by atoms with Gasteiger partial charge in [-0.2, -0.15) is 0 Å². The molecule has 6 aliphatic heterocycles. The van der Waals surface area contributed by atoms with Crippen LogP contribution in [0.4, 0.5) is 0 Å². The van der Waals surface area contributed by atoms with Crippen LogP contribution in [-0.4, -0.2) is 352 Å². The van der Waals surface area contributed by atoms with Gasteiger partial charge in [0.2, 0.25) is 17.7 Å². The third-order valence-electron chi connectivity index (χ3n) is 23.4. The molecule has 0 aliphatic carbocycles. The maximum absolute atomic E-state index is 13.7. The molecule has 0 aromatic heterocycles. The van der Waals surface area contributed by atoms with Gasteiger partial charge in [-0.05, 0) is 44.9 Å². The van der Waals surface area contributed by atoms with Gasteiger partial charge < -0.3 is 165 Å². The van der Waals surface area contributed by atoms with Gasteiger partial charge in [-0.1, -0.05) is 205 Å². The largest absolute Gasteiger partial charge is 0.394 e. The van der Waals surface area contributed by atoms with E-state index in [9.17, 15) is 106 Å². The Labute approximate surface area is 706 Å². The molecule has 0 aromatic rings. The molecular weight excluding hydrogens is 1580 g/mol. The lowest BCUT2D eigenvalue weighted by Gasteiger charge is -2.50. The number of carbonyl (C=O) groups excluding carboxylic acids is 3. The fourth-order valence-corrected chi connectivity index (χ4v) is 16.1. The highest BCUT2D eigenvalue weighted by atomic mass is 16.8. The van der Waals surface area contributed by atoms with Crippen molar-refractivity contribution in [3.8, 4) is 0 Å². The lowest BCUT2D eigenvalue weighted by molar-refractivity contribution is -0.390. The van der Waals surface area contributed by atoms with Crippen molar-refractivity contribution in [2.45, 2.75) is 442 Å². The Morgan fingerprint density at radius 2 is 0.675 bits per heavy atom. The first-order valence-corrected chi connectivity index (χ1v) is 44.6. The summed E-state index contributed by atoms with van der Waals surface area (Å²) in [6.45, 7) is 0.214. The first kappa shape index (κ1) is 105. The van der Waals surface area contributed by atoms with Crippen molar-refractivity contribution in [3.63, 3.8) is 0 Å². The summed E-state index contributed by atoms with van der Waals surface area (Å²) in [6, 6.07) is -4.49. The van der Waals surface area contributed by atoms with Gasteiger partial charge in [0.15, 0.2) is 37.7 Å². The van der Waals surface area contributed by atoms with Crippen LogP contribution in [0.1, 0.15) is 246 Å². The quantitative estimate of drug-likeness (QED) is 0.0291. The number of nitrogens with one attached hydrogen (secondary N) is 3. The van der Waals surface area contributed by atoms with Crippen molar-refractivity contribution in [3.05, 3.63) is 24.3 Å². The van der Waals surface area contributed by atoms with Crippen LogP contribution in [0.3, 0.4) is 0 Å². The van der Waals surface area contributed by atoms with Gasteiger partial charge in [-0.3, -0.25) is 14.4 Å².